The highest BCUT2D eigenvalue weighted by Gasteiger charge is 2.15. The van der Waals surface area contributed by atoms with Crippen molar-refractivity contribution in [2.45, 2.75) is 33.2 Å². The standard InChI is InChI=1S/C14H21NO2/c1-4-15-13(10-14(16)17-5-2)12-8-6-11(3)7-9-12/h6-9,13,15H,4-5,10H2,1-3H3. The van der Waals surface area contributed by atoms with Gasteiger partial charge in [0.1, 0.15) is 0 Å². The van der Waals surface area contributed by atoms with Gasteiger partial charge in [-0.1, -0.05) is 36.8 Å². The molecule has 0 saturated carbocycles. The molecule has 1 rings (SSSR count). The van der Waals surface area contributed by atoms with E-state index in [9.17, 15) is 4.79 Å². The van der Waals surface area contributed by atoms with Gasteiger partial charge in [0.15, 0.2) is 0 Å². The van der Waals surface area contributed by atoms with E-state index in [1.165, 1.54) is 5.56 Å². The number of nitrogens with one attached hydrogen (secondary N) is 1. The van der Waals surface area contributed by atoms with Crippen LogP contribution in [0.3, 0.4) is 0 Å². The normalized spacial score (nSPS) is 12.2. The van der Waals surface area contributed by atoms with Crippen molar-refractivity contribution >= 4 is 5.97 Å². The Hall–Kier alpha value is -1.35. The topological polar surface area (TPSA) is 38.3 Å². The first-order valence-electron chi connectivity index (χ1n) is 6.13. The molecule has 0 aliphatic rings. The SMILES string of the molecule is CCNC(CC(=O)OCC)c1ccc(C)cc1. The van der Waals surface area contributed by atoms with Crippen molar-refractivity contribution in [2.24, 2.45) is 0 Å². The minimum absolute atomic E-state index is 0.0413. The van der Waals surface area contributed by atoms with E-state index in [0.29, 0.717) is 13.0 Å². The van der Waals surface area contributed by atoms with Crippen LogP contribution >= 0.6 is 0 Å². The summed E-state index contributed by atoms with van der Waals surface area (Å²) in [5.41, 5.74) is 2.35. The highest BCUT2D eigenvalue weighted by Crippen LogP contribution is 2.17. The van der Waals surface area contributed by atoms with Gasteiger partial charge >= 0.3 is 5.97 Å². The number of rotatable bonds is 6. The molecule has 0 fully saturated rings. The van der Waals surface area contributed by atoms with Crippen LogP contribution in [0.2, 0.25) is 0 Å². The number of aryl methyl sites for hydroxylation is 1. The van der Waals surface area contributed by atoms with Gasteiger partial charge in [-0.15, -0.1) is 0 Å². The van der Waals surface area contributed by atoms with Gasteiger partial charge in [0.05, 0.1) is 13.0 Å². The third-order valence-corrected chi connectivity index (χ3v) is 2.61. The average molecular weight is 235 g/mol. The van der Waals surface area contributed by atoms with E-state index < -0.39 is 0 Å². The fourth-order valence-electron chi connectivity index (χ4n) is 1.74. The first kappa shape index (κ1) is 13.7. The van der Waals surface area contributed by atoms with E-state index in [1.54, 1.807) is 0 Å². The second-order valence-corrected chi connectivity index (χ2v) is 4.03. The first-order valence-corrected chi connectivity index (χ1v) is 6.13. The average Bonchev–Trinajstić information content (AvgIpc) is 2.30. The summed E-state index contributed by atoms with van der Waals surface area (Å²) in [5, 5.41) is 3.31. The highest BCUT2D eigenvalue weighted by molar-refractivity contribution is 5.70. The zero-order chi connectivity index (χ0) is 12.7. The molecule has 17 heavy (non-hydrogen) atoms. The quantitative estimate of drug-likeness (QED) is 0.770. The van der Waals surface area contributed by atoms with Crippen molar-refractivity contribution in [3.63, 3.8) is 0 Å². The molecule has 0 spiro atoms. The van der Waals surface area contributed by atoms with Crippen LogP contribution in [0.1, 0.15) is 37.4 Å². The molecule has 0 amide bonds. The number of hydrogen-bond acceptors (Lipinski definition) is 3. The Morgan fingerprint density at radius 1 is 1.29 bits per heavy atom. The van der Waals surface area contributed by atoms with Gasteiger partial charge in [-0.2, -0.15) is 0 Å². The van der Waals surface area contributed by atoms with Gasteiger partial charge in [-0.3, -0.25) is 4.79 Å². The molecule has 0 heterocycles. The Kier molecular flexibility index (Phi) is 5.70. The molecular formula is C14H21NO2. The lowest BCUT2D eigenvalue weighted by Crippen LogP contribution is -2.24. The molecule has 1 aromatic rings. The molecule has 0 radical (unpaired) electrons. The molecule has 0 bridgehead atoms. The van der Waals surface area contributed by atoms with E-state index in [2.05, 4.69) is 36.5 Å². The third kappa shape index (κ3) is 4.57. The number of benzene rings is 1. The van der Waals surface area contributed by atoms with Crippen LogP contribution in [0.25, 0.3) is 0 Å². The van der Waals surface area contributed by atoms with Gasteiger partial charge in [0, 0.05) is 6.04 Å². The third-order valence-electron chi connectivity index (χ3n) is 2.61. The lowest BCUT2D eigenvalue weighted by atomic mass is 10.0. The molecule has 1 atom stereocenters. The maximum Gasteiger partial charge on any atom is 0.307 e. The first-order chi connectivity index (χ1) is 8.17. The van der Waals surface area contributed by atoms with Gasteiger partial charge in [-0.05, 0) is 26.0 Å². The number of carbonyl (C=O) groups is 1. The Bertz CT molecular complexity index is 346. The molecule has 3 nitrogen and oxygen atoms in total. The summed E-state index contributed by atoms with van der Waals surface area (Å²) >= 11 is 0. The van der Waals surface area contributed by atoms with Crippen LogP contribution in [0.5, 0.6) is 0 Å². The molecule has 3 heteroatoms. The Morgan fingerprint density at radius 3 is 2.47 bits per heavy atom. The Labute approximate surface area is 103 Å². The Balaban J connectivity index is 2.71. The minimum Gasteiger partial charge on any atom is -0.466 e. The van der Waals surface area contributed by atoms with Crippen LogP contribution in [0.15, 0.2) is 24.3 Å². The van der Waals surface area contributed by atoms with Crippen molar-refractivity contribution in [1.29, 1.82) is 0 Å². The van der Waals surface area contributed by atoms with Crippen molar-refractivity contribution in [2.75, 3.05) is 13.2 Å². The summed E-state index contributed by atoms with van der Waals surface area (Å²) < 4.78 is 4.98. The van der Waals surface area contributed by atoms with E-state index in [0.717, 1.165) is 12.1 Å². The number of carbonyl (C=O) groups excluding carboxylic acids is 1. The van der Waals surface area contributed by atoms with E-state index in [-0.39, 0.29) is 12.0 Å². The lowest BCUT2D eigenvalue weighted by Gasteiger charge is -2.17. The van der Waals surface area contributed by atoms with Gasteiger partial charge in [0.2, 0.25) is 0 Å². The van der Waals surface area contributed by atoms with Crippen molar-refractivity contribution in [3.8, 4) is 0 Å². The zero-order valence-electron chi connectivity index (χ0n) is 10.8. The monoisotopic (exact) mass is 235 g/mol. The summed E-state index contributed by atoms with van der Waals surface area (Å²) in [6.07, 6.45) is 0.380. The summed E-state index contributed by atoms with van der Waals surface area (Å²) in [6.45, 7) is 7.18. The fraction of sp³-hybridized carbons (Fsp3) is 0.500. The van der Waals surface area contributed by atoms with Gasteiger partial charge in [0.25, 0.3) is 0 Å². The molecule has 0 aliphatic carbocycles. The molecule has 94 valence electrons. The van der Waals surface area contributed by atoms with Crippen LogP contribution in [0, 0.1) is 6.92 Å². The van der Waals surface area contributed by atoms with E-state index in [1.807, 2.05) is 13.8 Å². The van der Waals surface area contributed by atoms with Gasteiger partial charge in [-0.25, -0.2) is 0 Å². The molecule has 1 aromatic carbocycles. The van der Waals surface area contributed by atoms with Crippen molar-refractivity contribution in [3.05, 3.63) is 35.4 Å². The molecule has 0 aliphatic heterocycles. The molecular weight excluding hydrogens is 214 g/mol. The van der Waals surface area contributed by atoms with E-state index >= 15 is 0 Å². The molecule has 1 N–H and O–H groups in total. The summed E-state index contributed by atoms with van der Waals surface area (Å²) in [4.78, 5) is 11.5. The van der Waals surface area contributed by atoms with Crippen LogP contribution in [-0.4, -0.2) is 19.1 Å². The van der Waals surface area contributed by atoms with Crippen molar-refractivity contribution < 1.29 is 9.53 Å². The lowest BCUT2D eigenvalue weighted by molar-refractivity contribution is -0.143. The second kappa shape index (κ2) is 7.07. The van der Waals surface area contributed by atoms with Gasteiger partial charge < -0.3 is 10.1 Å². The summed E-state index contributed by atoms with van der Waals surface area (Å²) in [6, 6.07) is 8.28. The summed E-state index contributed by atoms with van der Waals surface area (Å²) in [5.74, 6) is -0.154. The second-order valence-electron chi connectivity index (χ2n) is 4.03. The smallest absolute Gasteiger partial charge is 0.307 e. The van der Waals surface area contributed by atoms with E-state index in [4.69, 9.17) is 4.74 Å². The van der Waals surface area contributed by atoms with Crippen LogP contribution in [-0.2, 0) is 9.53 Å². The maximum atomic E-state index is 11.5. The predicted octanol–water partition coefficient (Wildman–Crippen LogP) is 2.60. The summed E-state index contributed by atoms with van der Waals surface area (Å²) in [7, 11) is 0. The predicted molar refractivity (Wildman–Crippen MR) is 68.8 cm³/mol. The zero-order valence-corrected chi connectivity index (χ0v) is 10.8. The fourth-order valence-corrected chi connectivity index (χ4v) is 1.74. The Morgan fingerprint density at radius 2 is 1.94 bits per heavy atom. The minimum atomic E-state index is -0.154. The number of esters is 1. The largest absolute Gasteiger partial charge is 0.466 e. The van der Waals surface area contributed by atoms with Crippen LogP contribution < -0.4 is 5.32 Å². The van der Waals surface area contributed by atoms with Crippen molar-refractivity contribution in [1.82, 2.24) is 5.32 Å². The molecule has 0 aromatic heterocycles. The number of hydrogen-bond donors (Lipinski definition) is 1. The van der Waals surface area contributed by atoms with Crippen LogP contribution in [0.4, 0.5) is 0 Å². The molecule has 1 unspecified atom stereocenters. The maximum absolute atomic E-state index is 11.5. The molecule has 0 saturated heterocycles. The highest BCUT2D eigenvalue weighted by atomic mass is 16.5. The number of ether oxygens (including phenoxy) is 1.